The van der Waals surface area contributed by atoms with E-state index in [1.807, 2.05) is 44.2 Å². The zero-order valence-corrected chi connectivity index (χ0v) is 11.8. The summed E-state index contributed by atoms with van der Waals surface area (Å²) in [6.07, 6.45) is 0.363. The van der Waals surface area contributed by atoms with Gasteiger partial charge < -0.3 is 15.2 Å². The third kappa shape index (κ3) is 6.33. The molecule has 0 saturated heterocycles. The maximum absolute atomic E-state index is 11.5. The first kappa shape index (κ1) is 16.2. The molecule has 1 aromatic carbocycles. The van der Waals surface area contributed by atoms with Crippen molar-refractivity contribution in [2.24, 2.45) is 5.92 Å². The van der Waals surface area contributed by atoms with Crippen molar-refractivity contribution in [3.05, 3.63) is 35.9 Å². The topological polar surface area (TPSA) is 75.6 Å². The molecule has 0 aliphatic carbocycles. The van der Waals surface area contributed by atoms with Gasteiger partial charge in [-0.2, -0.15) is 0 Å². The summed E-state index contributed by atoms with van der Waals surface area (Å²) in [7, 11) is 0. The summed E-state index contributed by atoms with van der Waals surface area (Å²) < 4.78 is 5.16. The second-order valence-corrected chi connectivity index (χ2v) is 4.89. The monoisotopic (exact) mass is 279 g/mol. The SMILES string of the molecule is CC(C)OCC(=O)NCC(Cc1ccccc1)C(=O)O. The fourth-order valence-corrected chi connectivity index (χ4v) is 1.68. The number of ether oxygens (including phenoxy) is 1. The predicted molar refractivity (Wildman–Crippen MR) is 75.4 cm³/mol. The Hall–Kier alpha value is -1.88. The van der Waals surface area contributed by atoms with Crippen molar-refractivity contribution in [3.63, 3.8) is 0 Å². The summed E-state index contributed by atoms with van der Waals surface area (Å²) in [5, 5.41) is 11.8. The van der Waals surface area contributed by atoms with E-state index in [2.05, 4.69) is 5.32 Å². The standard InChI is InChI=1S/C15H21NO4/c1-11(2)20-10-14(17)16-9-13(15(18)19)8-12-6-4-3-5-7-12/h3-7,11,13H,8-10H2,1-2H3,(H,16,17)(H,18,19). The smallest absolute Gasteiger partial charge is 0.308 e. The van der Waals surface area contributed by atoms with Crippen LogP contribution in [0.1, 0.15) is 19.4 Å². The lowest BCUT2D eigenvalue weighted by molar-refractivity contribution is -0.141. The first-order valence-corrected chi connectivity index (χ1v) is 6.64. The minimum Gasteiger partial charge on any atom is -0.481 e. The first-order valence-electron chi connectivity index (χ1n) is 6.64. The van der Waals surface area contributed by atoms with Crippen LogP contribution in [0.4, 0.5) is 0 Å². The zero-order chi connectivity index (χ0) is 15.0. The van der Waals surface area contributed by atoms with Gasteiger partial charge in [0.1, 0.15) is 6.61 Å². The summed E-state index contributed by atoms with van der Waals surface area (Å²) in [6, 6.07) is 9.36. The molecule has 0 spiro atoms. The van der Waals surface area contributed by atoms with Crippen LogP contribution in [0.15, 0.2) is 30.3 Å². The molecule has 0 aliphatic rings. The largest absolute Gasteiger partial charge is 0.481 e. The van der Waals surface area contributed by atoms with Gasteiger partial charge in [0.2, 0.25) is 5.91 Å². The maximum Gasteiger partial charge on any atom is 0.308 e. The van der Waals surface area contributed by atoms with E-state index >= 15 is 0 Å². The molecule has 5 nitrogen and oxygen atoms in total. The molecule has 1 unspecified atom stereocenters. The van der Waals surface area contributed by atoms with E-state index in [-0.39, 0.29) is 25.2 Å². The molecule has 0 heterocycles. The maximum atomic E-state index is 11.5. The quantitative estimate of drug-likeness (QED) is 0.755. The highest BCUT2D eigenvalue weighted by molar-refractivity contribution is 5.78. The molecular weight excluding hydrogens is 258 g/mol. The van der Waals surface area contributed by atoms with Crippen LogP contribution in [0, 0.1) is 5.92 Å². The highest BCUT2D eigenvalue weighted by Crippen LogP contribution is 2.08. The lowest BCUT2D eigenvalue weighted by atomic mass is 9.99. The lowest BCUT2D eigenvalue weighted by Crippen LogP contribution is -2.36. The van der Waals surface area contributed by atoms with Crippen LogP contribution in [-0.2, 0) is 20.7 Å². The number of nitrogens with one attached hydrogen (secondary N) is 1. The number of carboxylic acid groups (broad SMARTS) is 1. The molecule has 1 rings (SSSR count). The molecule has 1 atom stereocenters. The Labute approximate surface area is 118 Å². The number of rotatable bonds is 8. The average molecular weight is 279 g/mol. The lowest BCUT2D eigenvalue weighted by Gasteiger charge is -2.14. The van der Waals surface area contributed by atoms with Crippen molar-refractivity contribution in [1.29, 1.82) is 0 Å². The van der Waals surface area contributed by atoms with Gasteiger partial charge in [-0.1, -0.05) is 30.3 Å². The molecule has 1 aromatic rings. The molecule has 0 aromatic heterocycles. The van der Waals surface area contributed by atoms with Crippen LogP contribution < -0.4 is 5.32 Å². The van der Waals surface area contributed by atoms with Crippen LogP contribution in [0.2, 0.25) is 0 Å². The van der Waals surface area contributed by atoms with Gasteiger partial charge >= 0.3 is 5.97 Å². The van der Waals surface area contributed by atoms with E-state index in [1.54, 1.807) is 0 Å². The molecule has 1 amide bonds. The van der Waals surface area contributed by atoms with Crippen molar-refractivity contribution in [1.82, 2.24) is 5.32 Å². The summed E-state index contributed by atoms with van der Waals surface area (Å²) in [4.78, 5) is 22.7. The Kier molecular flexibility index (Phi) is 6.73. The average Bonchev–Trinajstić information content (AvgIpc) is 2.42. The number of carbonyl (C=O) groups is 2. The fourth-order valence-electron chi connectivity index (χ4n) is 1.68. The van der Waals surface area contributed by atoms with E-state index in [4.69, 9.17) is 4.74 Å². The minimum absolute atomic E-state index is 0.0275. The van der Waals surface area contributed by atoms with Crippen LogP contribution in [0.3, 0.4) is 0 Å². The van der Waals surface area contributed by atoms with E-state index in [0.29, 0.717) is 6.42 Å². The van der Waals surface area contributed by atoms with E-state index in [0.717, 1.165) is 5.56 Å². The molecule has 0 radical (unpaired) electrons. The van der Waals surface area contributed by atoms with Crippen LogP contribution in [-0.4, -0.2) is 36.2 Å². The molecule has 2 N–H and O–H groups in total. The van der Waals surface area contributed by atoms with Gasteiger partial charge in [-0.15, -0.1) is 0 Å². The normalized spacial score (nSPS) is 12.2. The number of carboxylic acids is 1. The van der Waals surface area contributed by atoms with Crippen molar-refractivity contribution < 1.29 is 19.4 Å². The van der Waals surface area contributed by atoms with E-state index < -0.39 is 11.9 Å². The van der Waals surface area contributed by atoms with Crippen molar-refractivity contribution in [3.8, 4) is 0 Å². The Balaban J connectivity index is 2.44. The van der Waals surface area contributed by atoms with Gasteiger partial charge in [-0.3, -0.25) is 9.59 Å². The number of benzene rings is 1. The third-order valence-electron chi connectivity index (χ3n) is 2.77. The summed E-state index contributed by atoms with van der Waals surface area (Å²) in [5.41, 5.74) is 0.938. The van der Waals surface area contributed by atoms with Crippen molar-refractivity contribution >= 4 is 11.9 Å². The Morgan fingerprint density at radius 3 is 2.45 bits per heavy atom. The Morgan fingerprint density at radius 2 is 1.90 bits per heavy atom. The number of hydrogen-bond acceptors (Lipinski definition) is 3. The predicted octanol–water partition coefficient (Wildman–Crippen LogP) is 1.47. The highest BCUT2D eigenvalue weighted by atomic mass is 16.5. The first-order chi connectivity index (χ1) is 9.49. The Morgan fingerprint density at radius 1 is 1.25 bits per heavy atom. The Bertz CT molecular complexity index is 431. The number of amides is 1. The molecular formula is C15H21NO4. The second kappa shape index (κ2) is 8.32. The number of carbonyl (C=O) groups excluding carboxylic acids is 1. The van der Waals surface area contributed by atoms with Crippen molar-refractivity contribution in [2.75, 3.05) is 13.2 Å². The van der Waals surface area contributed by atoms with Crippen LogP contribution >= 0.6 is 0 Å². The van der Waals surface area contributed by atoms with Gasteiger partial charge in [-0.25, -0.2) is 0 Å². The molecule has 20 heavy (non-hydrogen) atoms. The highest BCUT2D eigenvalue weighted by Gasteiger charge is 2.19. The van der Waals surface area contributed by atoms with Crippen molar-refractivity contribution in [2.45, 2.75) is 26.4 Å². The fraction of sp³-hybridized carbons (Fsp3) is 0.467. The van der Waals surface area contributed by atoms with E-state index in [9.17, 15) is 14.7 Å². The minimum atomic E-state index is -0.918. The molecule has 110 valence electrons. The molecule has 0 bridgehead atoms. The van der Waals surface area contributed by atoms with Gasteiger partial charge in [0.25, 0.3) is 0 Å². The third-order valence-corrected chi connectivity index (χ3v) is 2.77. The summed E-state index contributed by atoms with van der Waals surface area (Å²) >= 11 is 0. The van der Waals surface area contributed by atoms with Gasteiger partial charge in [0.15, 0.2) is 0 Å². The molecule has 0 aliphatic heterocycles. The van der Waals surface area contributed by atoms with E-state index in [1.165, 1.54) is 0 Å². The number of hydrogen-bond donors (Lipinski definition) is 2. The van der Waals surface area contributed by atoms with Crippen LogP contribution in [0.25, 0.3) is 0 Å². The molecule has 5 heteroatoms. The second-order valence-electron chi connectivity index (χ2n) is 4.89. The number of aliphatic carboxylic acids is 1. The summed E-state index contributed by atoms with van der Waals surface area (Å²) in [5.74, 6) is -1.85. The molecule has 0 fully saturated rings. The van der Waals surface area contributed by atoms with Crippen LogP contribution in [0.5, 0.6) is 0 Å². The molecule has 0 saturated carbocycles. The van der Waals surface area contributed by atoms with Gasteiger partial charge in [-0.05, 0) is 25.8 Å². The van der Waals surface area contributed by atoms with Gasteiger partial charge in [0.05, 0.1) is 12.0 Å². The van der Waals surface area contributed by atoms with Gasteiger partial charge in [0, 0.05) is 6.54 Å². The summed E-state index contributed by atoms with van der Waals surface area (Å²) in [6.45, 7) is 3.73. The zero-order valence-electron chi connectivity index (χ0n) is 11.8.